The Kier molecular flexibility index (Phi) is 4.57. The third-order valence-electron chi connectivity index (χ3n) is 3.50. The number of amides is 1. The average Bonchev–Trinajstić information content (AvgIpc) is 3.01. The van der Waals surface area contributed by atoms with Crippen molar-refractivity contribution in [3.05, 3.63) is 41.0 Å². The SMILES string of the molecule is CCn1cc(/C=C\C(=O)NCc2c(C)nn(C)c2C)cn1. The summed E-state index contributed by atoms with van der Waals surface area (Å²) in [4.78, 5) is 11.8. The van der Waals surface area contributed by atoms with Gasteiger partial charge < -0.3 is 5.32 Å². The molecule has 0 fully saturated rings. The maximum atomic E-state index is 11.8. The zero-order chi connectivity index (χ0) is 15.4. The van der Waals surface area contributed by atoms with Gasteiger partial charge in [0.1, 0.15) is 0 Å². The van der Waals surface area contributed by atoms with Crippen LogP contribution in [0.1, 0.15) is 29.4 Å². The second-order valence-electron chi connectivity index (χ2n) is 4.95. The van der Waals surface area contributed by atoms with Crippen LogP contribution in [0, 0.1) is 13.8 Å². The molecule has 21 heavy (non-hydrogen) atoms. The molecular weight excluding hydrogens is 266 g/mol. The van der Waals surface area contributed by atoms with Gasteiger partial charge in [0.2, 0.25) is 5.91 Å². The van der Waals surface area contributed by atoms with E-state index < -0.39 is 0 Å². The number of aryl methyl sites for hydroxylation is 3. The lowest BCUT2D eigenvalue weighted by Crippen LogP contribution is -2.21. The minimum absolute atomic E-state index is 0.123. The topological polar surface area (TPSA) is 64.7 Å². The standard InChI is InChI=1S/C15H21N5O/c1-5-20-10-13(8-17-20)6-7-15(21)16-9-14-11(2)18-19(4)12(14)3/h6-8,10H,5,9H2,1-4H3,(H,16,21)/b7-6-. The summed E-state index contributed by atoms with van der Waals surface area (Å²) in [6.45, 7) is 7.27. The molecule has 2 aromatic heterocycles. The van der Waals surface area contributed by atoms with Gasteiger partial charge in [0.05, 0.1) is 11.9 Å². The molecule has 0 saturated heterocycles. The van der Waals surface area contributed by atoms with E-state index in [2.05, 4.69) is 15.5 Å². The van der Waals surface area contributed by atoms with Crippen molar-refractivity contribution in [1.82, 2.24) is 24.9 Å². The summed E-state index contributed by atoms with van der Waals surface area (Å²) in [5, 5.41) is 11.4. The van der Waals surface area contributed by atoms with E-state index in [0.717, 1.165) is 29.1 Å². The number of carbonyl (C=O) groups is 1. The van der Waals surface area contributed by atoms with Gasteiger partial charge in [-0.3, -0.25) is 14.2 Å². The Morgan fingerprint density at radius 1 is 1.43 bits per heavy atom. The first-order valence-electron chi connectivity index (χ1n) is 6.98. The van der Waals surface area contributed by atoms with Crippen LogP contribution in [-0.4, -0.2) is 25.5 Å². The van der Waals surface area contributed by atoms with Crippen LogP contribution in [0.5, 0.6) is 0 Å². The molecule has 0 saturated carbocycles. The number of nitrogens with zero attached hydrogens (tertiary/aromatic N) is 4. The molecule has 6 heteroatoms. The van der Waals surface area contributed by atoms with Crippen molar-refractivity contribution in [1.29, 1.82) is 0 Å². The Hall–Kier alpha value is -2.37. The number of carbonyl (C=O) groups excluding carboxylic acids is 1. The lowest BCUT2D eigenvalue weighted by Gasteiger charge is -2.03. The molecule has 1 N–H and O–H groups in total. The average molecular weight is 287 g/mol. The Balaban J connectivity index is 1.93. The van der Waals surface area contributed by atoms with Crippen LogP contribution in [0.15, 0.2) is 18.5 Å². The number of hydrogen-bond acceptors (Lipinski definition) is 3. The highest BCUT2D eigenvalue weighted by atomic mass is 16.1. The smallest absolute Gasteiger partial charge is 0.244 e. The third-order valence-corrected chi connectivity index (χ3v) is 3.50. The molecule has 0 aliphatic heterocycles. The lowest BCUT2D eigenvalue weighted by atomic mass is 10.2. The molecule has 2 heterocycles. The first-order chi connectivity index (χ1) is 10.0. The normalized spacial score (nSPS) is 11.2. The Bertz CT molecular complexity index is 666. The molecule has 6 nitrogen and oxygen atoms in total. The number of hydrogen-bond donors (Lipinski definition) is 1. The van der Waals surface area contributed by atoms with Crippen molar-refractivity contribution in [3.63, 3.8) is 0 Å². The van der Waals surface area contributed by atoms with Crippen LogP contribution >= 0.6 is 0 Å². The maximum Gasteiger partial charge on any atom is 0.244 e. The van der Waals surface area contributed by atoms with Gasteiger partial charge in [0.25, 0.3) is 0 Å². The van der Waals surface area contributed by atoms with Gasteiger partial charge in [0, 0.05) is 49.2 Å². The van der Waals surface area contributed by atoms with Crippen LogP contribution in [0.25, 0.3) is 6.08 Å². The number of nitrogens with one attached hydrogen (secondary N) is 1. The molecule has 0 bridgehead atoms. The molecule has 2 aromatic rings. The van der Waals surface area contributed by atoms with E-state index in [1.165, 1.54) is 6.08 Å². The molecule has 0 aliphatic carbocycles. The minimum atomic E-state index is -0.123. The predicted molar refractivity (Wildman–Crippen MR) is 81.5 cm³/mol. The molecule has 0 aliphatic rings. The van der Waals surface area contributed by atoms with Gasteiger partial charge in [-0.2, -0.15) is 10.2 Å². The van der Waals surface area contributed by atoms with Crippen LogP contribution in [0.3, 0.4) is 0 Å². The van der Waals surface area contributed by atoms with Crippen LogP contribution in [-0.2, 0) is 24.9 Å². The van der Waals surface area contributed by atoms with Crippen molar-refractivity contribution in [3.8, 4) is 0 Å². The van der Waals surface area contributed by atoms with E-state index in [-0.39, 0.29) is 5.91 Å². The van der Waals surface area contributed by atoms with Crippen LogP contribution in [0.4, 0.5) is 0 Å². The molecular formula is C15H21N5O. The summed E-state index contributed by atoms with van der Waals surface area (Å²) in [7, 11) is 1.90. The van der Waals surface area contributed by atoms with E-state index in [9.17, 15) is 4.79 Å². The quantitative estimate of drug-likeness (QED) is 0.849. The zero-order valence-corrected chi connectivity index (χ0v) is 12.9. The first-order valence-corrected chi connectivity index (χ1v) is 6.98. The molecule has 112 valence electrons. The molecule has 0 unspecified atom stereocenters. The second kappa shape index (κ2) is 6.39. The highest BCUT2D eigenvalue weighted by Gasteiger charge is 2.09. The van der Waals surface area contributed by atoms with Crippen LogP contribution in [0.2, 0.25) is 0 Å². The van der Waals surface area contributed by atoms with Crippen molar-refractivity contribution in [2.45, 2.75) is 33.9 Å². The van der Waals surface area contributed by atoms with Gasteiger partial charge in [-0.25, -0.2) is 0 Å². The summed E-state index contributed by atoms with van der Waals surface area (Å²) in [5.41, 5.74) is 4.00. The molecule has 0 aromatic carbocycles. The van der Waals surface area contributed by atoms with Crippen molar-refractivity contribution >= 4 is 12.0 Å². The van der Waals surface area contributed by atoms with Gasteiger partial charge in [0.15, 0.2) is 0 Å². The van der Waals surface area contributed by atoms with E-state index in [1.807, 2.05) is 43.4 Å². The third kappa shape index (κ3) is 3.59. The van der Waals surface area contributed by atoms with Gasteiger partial charge >= 0.3 is 0 Å². The Morgan fingerprint density at radius 3 is 2.76 bits per heavy atom. The predicted octanol–water partition coefficient (Wildman–Crippen LogP) is 1.58. The Labute approximate surface area is 124 Å². The largest absolute Gasteiger partial charge is 0.348 e. The molecule has 0 atom stereocenters. The fourth-order valence-electron chi connectivity index (χ4n) is 2.12. The first kappa shape index (κ1) is 15.0. The molecule has 2 rings (SSSR count). The van der Waals surface area contributed by atoms with E-state index in [0.29, 0.717) is 6.54 Å². The monoisotopic (exact) mass is 287 g/mol. The summed E-state index contributed by atoms with van der Waals surface area (Å²) < 4.78 is 3.64. The van der Waals surface area contributed by atoms with Gasteiger partial charge in [-0.05, 0) is 26.8 Å². The number of aromatic nitrogens is 4. The summed E-state index contributed by atoms with van der Waals surface area (Å²) in [6, 6.07) is 0. The summed E-state index contributed by atoms with van der Waals surface area (Å²) in [6.07, 6.45) is 6.93. The molecule has 0 radical (unpaired) electrons. The van der Waals surface area contributed by atoms with Gasteiger partial charge in [-0.1, -0.05) is 0 Å². The van der Waals surface area contributed by atoms with Crippen LogP contribution < -0.4 is 5.32 Å². The molecule has 1 amide bonds. The second-order valence-corrected chi connectivity index (χ2v) is 4.95. The van der Waals surface area contributed by atoms with E-state index >= 15 is 0 Å². The lowest BCUT2D eigenvalue weighted by molar-refractivity contribution is -0.116. The highest BCUT2D eigenvalue weighted by molar-refractivity contribution is 5.91. The minimum Gasteiger partial charge on any atom is -0.348 e. The number of rotatable bonds is 5. The Morgan fingerprint density at radius 2 is 2.19 bits per heavy atom. The van der Waals surface area contributed by atoms with E-state index in [1.54, 1.807) is 12.3 Å². The van der Waals surface area contributed by atoms with Crippen molar-refractivity contribution in [2.24, 2.45) is 7.05 Å². The molecule has 0 spiro atoms. The fourth-order valence-corrected chi connectivity index (χ4v) is 2.12. The van der Waals surface area contributed by atoms with Crippen molar-refractivity contribution < 1.29 is 4.79 Å². The fraction of sp³-hybridized carbons (Fsp3) is 0.400. The van der Waals surface area contributed by atoms with Crippen molar-refractivity contribution in [2.75, 3.05) is 0 Å². The summed E-state index contributed by atoms with van der Waals surface area (Å²) >= 11 is 0. The maximum absolute atomic E-state index is 11.8. The zero-order valence-electron chi connectivity index (χ0n) is 12.9. The van der Waals surface area contributed by atoms with E-state index in [4.69, 9.17) is 0 Å². The van der Waals surface area contributed by atoms with Gasteiger partial charge in [-0.15, -0.1) is 0 Å². The highest BCUT2D eigenvalue weighted by Crippen LogP contribution is 2.11. The summed E-state index contributed by atoms with van der Waals surface area (Å²) in [5.74, 6) is -0.123.